The molecule has 24 heavy (non-hydrogen) atoms. The molecule has 0 spiro atoms. The van der Waals surface area contributed by atoms with Crippen molar-refractivity contribution in [2.75, 3.05) is 0 Å². The lowest BCUT2D eigenvalue weighted by Crippen LogP contribution is -2.48. The van der Waals surface area contributed by atoms with Gasteiger partial charge in [-0.3, -0.25) is 4.79 Å². The zero-order valence-electron chi connectivity index (χ0n) is 13.5. The second kappa shape index (κ2) is 6.22. The van der Waals surface area contributed by atoms with Crippen LogP contribution in [0, 0.1) is 6.92 Å². The summed E-state index contributed by atoms with van der Waals surface area (Å²) in [5, 5.41) is 11.4. The number of nitrogens with zero attached hydrogens (tertiary/aromatic N) is 1. The summed E-state index contributed by atoms with van der Waals surface area (Å²) in [5.41, 5.74) is 1.70. The monoisotopic (exact) mass is 345 g/mol. The number of benzene rings is 1. The maximum absolute atomic E-state index is 12.9. The Hall–Kier alpha value is -1.85. The van der Waals surface area contributed by atoms with Crippen molar-refractivity contribution in [1.29, 1.82) is 0 Å². The molecule has 2 aliphatic heterocycles. The smallest absolute Gasteiger partial charge is 0.257 e. The summed E-state index contributed by atoms with van der Waals surface area (Å²) < 4.78 is 5.29. The fourth-order valence-electron chi connectivity index (χ4n) is 3.91. The normalized spacial score (nSPS) is 25.7. The van der Waals surface area contributed by atoms with Crippen LogP contribution >= 0.6 is 11.6 Å². The Bertz CT molecular complexity index is 761. The van der Waals surface area contributed by atoms with Gasteiger partial charge >= 0.3 is 0 Å². The second-order valence-electron chi connectivity index (χ2n) is 6.72. The number of carbonyl (C=O) groups is 1. The minimum absolute atomic E-state index is 0.130. The largest absolute Gasteiger partial charge is 0.360 e. The third-order valence-corrected chi connectivity index (χ3v) is 5.36. The summed E-state index contributed by atoms with van der Waals surface area (Å²) in [6.07, 6.45) is 4.37. The van der Waals surface area contributed by atoms with Crippen LogP contribution in [0.2, 0.25) is 5.02 Å². The van der Waals surface area contributed by atoms with Gasteiger partial charge in [0.2, 0.25) is 0 Å². The lowest BCUT2D eigenvalue weighted by Gasteiger charge is -2.29. The van der Waals surface area contributed by atoms with E-state index in [1.807, 2.05) is 18.2 Å². The number of aryl methyl sites for hydroxylation is 1. The van der Waals surface area contributed by atoms with Crippen LogP contribution in [0.25, 0.3) is 11.3 Å². The molecule has 1 amide bonds. The molecule has 2 atom stereocenters. The number of amides is 1. The maximum atomic E-state index is 12.9. The van der Waals surface area contributed by atoms with Crippen molar-refractivity contribution in [3.05, 3.63) is 40.6 Å². The SMILES string of the molecule is Cc1onc(-c2ccccc2Cl)c1C(=O)NC1CC2CCC(C1)N2. The molecule has 126 valence electrons. The third-order valence-electron chi connectivity index (χ3n) is 5.03. The van der Waals surface area contributed by atoms with Crippen LogP contribution in [0.1, 0.15) is 41.8 Å². The first kappa shape index (κ1) is 15.7. The molecule has 2 N–H and O–H groups in total. The zero-order chi connectivity index (χ0) is 16.7. The highest BCUT2D eigenvalue weighted by molar-refractivity contribution is 6.33. The van der Waals surface area contributed by atoms with Crippen molar-refractivity contribution in [3.63, 3.8) is 0 Å². The van der Waals surface area contributed by atoms with Crippen molar-refractivity contribution >= 4 is 17.5 Å². The average molecular weight is 346 g/mol. The van der Waals surface area contributed by atoms with E-state index in [0.717, 1.165) is 12.8 Å². The van der Waals surface area contributed by atoms with Crippen LogP contribution in [-0.2, 0) is 0 Å². The number of rotatable bonds is 3. The highest BCUT2D eigenvalue weighted by Gasteiger charge is 2.35. The summed E-state index contributed by atoms with van der Waals surface area (Å²) in [7, 11) is 0. The predicted molar refractivity (Wildman–Crippen MR) is 92.1 cm³/mol. The van der Waals surface area contributed by atoms with Gasteiger partial charge in [0.1, 0.15) is 17.0 Å². The minimum atomic E-state index is -0.130. The lowest BCUT2D eigenvalue weighted by molar-refractivity contribution is 0.0923. The van der Waals surface area contributed by atoms with Gasteiger partial charge in [-0.1, -0.05) is 35.0 Å². The van der Waals surface area contributed by atoms with Gasteiger partial charge in [0.15, 0.2) is 0 Å². The number of piperidine rings is 1. The van der Waals surface area contributed by atoms with E-state index in [9.17, 15) is 4.79 Å². The van der Waals surface area contributed by atoms with Crippen molar-refractivity contribution < 1.29 is 9.32 Å². The maximum Gasteiger partial charge on any atom is 0.257 e. The molecular formula is C18H20ClN3O2. The zero-order valence-corrected chi connectivity index (χ0v) is 14.3. The summed E-state index contributed by atoms with van der Waals surface area (Å²) in [6.45, 7) is 1.76. The summed E-state index contributed by atoms with van der Waals surface area (Å²) in [6, 6.07) is 8.61. The standard InChI is InChI=1S/C18H20ClN3O2/c1-10-16(17(22-24-10)14-4-2-3-5-15(14)19)18(23)21-13-8-11-6-7-12(9-13)20-11/h2-5,11-13,20H,6-9H2,1H3,(H,21,23). The van der Waals surface area contributed by atoms with E-state index < -0.39 is 0 Å². The molecule has 2 fully saturated rings. The van der Waals surface area contributed by atoms with Crippen molar-refractivity contribution in [3.8, 4) is 11.3 Å². The van der Waals surface area contributed by atoms with E-state index in [1.54, 1.807) is 13.0 Å². The fourth-order valence-corrected chi connectivity index (χ4v) is 4.13. The third kappa shape index (κ3) is 2.82. The van der Waals surface area contributed by atoms with E-state index in [-0.39, 0.29) is 11.9 Å². The quantitative estimate of drug-likeness (QED) is 0.895. The molecule has 1 aromatic heterocycles. The fraction of sp³-hybridized carbons (Fsp3) is 0.444. The summed E-state index contributed by atoms with van der Waals surface area (Å²) >= 11 is 6.26. The number of nitrogens with one attached hydrogen (secondary N) is 2. The van der Waals surface area contributed by atoms with E-state index in [0.29, 0.717) is 39.7 Å². The van der Waals surface area contributed by atoms with Crippen LogP contribution in [-0.4, -0.2) is 29.2 Å². The van der Waals surface area contributed by atoms with Crippen molar-refractivity contribution in [1.82, 2.24) is 15.8 Å². The van der Waals surface area contributed by atoms with Crippen LogP contribution < -0.4 is 10.6 Å². The van der Waals surface area contributed by atoms with Crippen molar-refractivity contribution in [2.45, 2.75) is 50.7 Å². The number of fused-ring (bicyclic) bond motifs is 2. The Labute approximate surface area is 145 Å². The van der Waals surface area contributed by atoms with E-state index in [4.69, 9.17) is 16.1 Å². The lowest BCUT2D eigenvalue weighted by atomic mass is 9.98. The van der Waals surface area contributed by atoms with Gasteiger partial charge in [-0.25, -0.2) is 0 Å². The number of hydrogen-bond acceptors (Lipinski definition) is 4. The van der Waals surface area contributed by atoms with Gasteiger partial charge < -0.3 is 15.2 Å². The predicted octanol–water partition coefficient (Wildman–Crippen LogP) is 3.32. The molecule has 3 heterocycles. The summed E-state index contributed by atoms with van der Waals surface area (Å²) in [4.78, 5) is 12.9. The van der Waals surface area contributed by atoms with E-state index in [1.165, 1.54) is 12.8 Å². The average Bonchev–Trinajstić information content (AvgIpc) is 3.10. The molecule has 2 aliphatic rings. The number of carbonyl (C=O) groups excluding carboxylic acids is 1. The van der Waals surface area contributed by atoms with E-state index >= 15 is 0 Å². The molecule has 0 saturated carbocycles. The number of hydrogen-bond donors (Lipinski definition) is 2. The van der Waals surface area contributed by atoms with Gasteiger partial charge in [-0.05, 0) is 38.7 Å². The molecule has 0 radical (unpaired) electrons. The van der Waals surface area contributed by atoms with Gasteiger partial charge in [-0.15, -0.1) is 0 Å². The Kier molecular flexibility index (Phi) is 4.06. The van der Waals surface area contributed by atoms with Crippen LogP contribution in [0.5, 0.6) is 0 Å². The first-order chi connectivity index (χ1) is 11.6. The van der Waals surface area contributed by atoms with Crippen LogP contribution in [0.15, 0.2) is 28.8 Å². The minimum Gasteiger partial charge on any atom is -0.360 e. The molecule has 6 heteroatoms. The van der Waals surface area contributed by atoms with Gasteiger partial charge in [-0.2, -0.15) is 0 Å². The molecular weight excluding hydrogens is 326 g/mol. The molecule has 1 aromatic carbocycles. The molecule has 2 saturated heterocycles. The second-order valence-corrected chi connectivity index (χ2v) is 7.13. The Balaban J connectivity index is 1.59. The van der Waals surface area contributed by atoms with E-state index in [2.05, 4.69) is 15.8 Å². The first-order valence-electron chi connectivity index (χ1n) is 8.40. The Morgan fingerprint density at radius 1 is 1.29 bits per heavy atom. The van der Waals surface area contributed by atoms with Crippen molar-refractivity contribution in [2.24, 2.45) is 0 Å². The van der Waals surface area contributed by atoms with Crippen LogP contribution in [0.4, 0.5) is 0 Å². The molecule has 4 rings (SSSR count). The van der Waals surface area contributed by atoms with Gasteiger partial charge in [0.25, 0.3) is 5.91 Å². The Morgan fingerprint density at radius 2 is 2.00 bits per heavy atom. The molecule has 5 nitrogen and oxygen atoms in total. The van der Waals surface area contributed by atoms with Gasteiger partial charge in [0, 0.05) is 23.7 Å². The summed E-state index contributed by atoms with van der Waals surface area (Å²) in [5.74, 6) is 0.384. The number of halogens is 1. The Morgan fingerprint density at radius 3 is 2.71 bits per heavy atom. The molecule has 2 aromatic rings. The van der Waals surface area contributed by atoms with Gasteiger partial charge in [0.05, 0.1) is 5.02 Å². The first-order valence-corrected chi connectivity index (χ1v) is 8.77. The molecule has 2 unspecified atom stereocenters. The topological polar surface area (TPSA) is 67.2 Å². The highest BCUT2D eigenvalue weighted by Crippen LogP contribution is 2.32. The van der Waals surface area contributed by atoms with Crippen LogP contribution in [0.3, 0.4) is 0 Å². The molecule has 2 bridgehead atoms. The highest BCUT2D eigenvalue weighted by atomic mass is 35.5. The number of aromatic nitrogens is 1. The molecule has 0 aliphatic carbocycles.